The minimum absolute atomic E-state index is 0.236. The van der Waals surface area contributed by atoms with Gasteiger partial charge < -0.3 is 10.1 Å². The van der Waals surface area contributed by atoms with Gasteiger partial charge in [0.1, 0.15) is 0 Å². The zero-order chi connectivity index (χ0) is 12.7. The maximum Gasteiger partial charge on any atom is 0.0931 e. The lowest BCUT2D eigenvalue weighted by Gasteiger charge is -2.26. The van der Waals surface area contributed by atoms with Gasteiger partial charge in [-0.25, -0.2) is 0 Å². The van der Waals surface area contributed by atoms with Crippen LogP contribution < -0.4 is 5.32 Å². The monoisotopic (exact) mass is 275 g/mol. The standard InChI is InChI=1S/C13H22ClNOS/c1-4-7-10(16-6-3)13(15-5-2)11-8-9-12(14)17-11/h8-10,13,15H,4-7H2,1-3H3. The number of thiophene rings is 1. The number of nitrogens with one attached hydrogen (secondary N) is 1. The lowest BCUT2D eigenvalue weighted by Crippen LogP contribution is -2.33. The molecule has 2 unspecified atom stereocenters. The van der Waals surface area contributed by atoms with E-state index in [0.29, 0.717) is 0 Å². The minimum Gasteiger partial charge on any atom is -0.376 e. The molecule has 0 aliphatic carbocycles. The van der Waals surface area contributed by atoms with E-state index >= 15 is 0 Å². The maximum atomic E-state index is 6.01. The molecule has 4 heteroatoms. The van der Waals surface area contributed by atoms with Gasteiger partial charge in [0, 0.05) is 11.5 Å². The van der Waals surface area contributed by atoms with E-state index in [1.54, 1.807) is 11.3 Å². The van der Waals surface area contributed by atoms with E-state index in [-0.39, 0.29) is 12.1 Å². The van der Waals surface area contributed by atoms with Crippen LogP contribution >= 0.6 is 22.9 Å². The first-order valence-corrected chi connectivity index (χ1v) is 7.52. The van der Waals surface area contributed by atoms with Gasteiger partial charge >= 0.3 is 0 Å². The van der Waals surface area contributed by atoms with E-state index in [1.807, 2.05) is 13.0 Å². The molecule has 1 aromatic heterocycles. The van der Waals surface area contributed by atoms with Crippen LogP contribution in [0.5, 0.6) is 0 Å². The van der Waals surface area contributed by atoms with Crippen LogP contribution in [0.4, 0.5) is 0 Å². The van der Waals surface area contributed by atoms with Crippen molar-refractivity contribution in [3.63, 3.8) is 0 Å². The van der Waals surface area contributed by atoms with Crippen LogP contribution in [0.2, 0.25) is 4.34 Å². The molecule has 0 saturated heterocycles. The number of ether oxygens (including phenoxy) is 1. The Morgan fingerprint density at radius 2 is 2.12 bits per heavy atom. The summed E-state index contributed by atoms with van der Waals surface area (Å²) in [5, 5.41) is 3.51. The van der Waals surface area contributed by atoms with Gasteiger partial charge in [0.05, 0.1) is 16.5 Å². The van der Waals surface area contributed by atoms with Crippen LogP contribution in [0.1, 0.15) is 44.5 Å². The predicted molar refractivity (Wildman–Crippen MR) is 76.1 cm³/mol. The van der Waals surface area contributed by atoms with Crippen LogP contribution in [0.15, 0.2) is 12.1 Å². The Balaban J connectivity index is 2.80. The third kappa shape index (κ3) is 4.59. The van der Waals surface area contributed by atoms with Gasteiger partial charge in [-0.2, -0.15) is 0 Å². The summed E-state index contributed by atoms with van der Waals surface area (Å²) in [5.41, 5.74) is 0. The fraction of sp³-hybridized carbons (Fsp3) is 0.692. The predicted octanol–water partition coefficient (Wildman–Crippen LogP) is 4.26. The van der Waals surface area contributed by atoms with E-state index in [0.717, 1.165) is 30.3 Å². The number of rotatable bonds is 8. The first-order valence-electron chi connectivity index (χ1n) is 6.33. The van der Waals surface area contributed by atoms with E-state index in [4.69, 9.17) is 16.3 Å². The average molecular weight is 276 g/mol. The van der Waals surface area contributed by atoms with E-state index in [9.17, 15) is 0 Å². The fourth-order valence-electron chi connectivity index (χ4n) is 1.98. The molecule has 0 aliphatic rings. The smallest absolute Gasteiger partial charge is 0.0931 e. The molecule has 0 spiro atoms. The number of hydrogen-bond donors (Lipinski definition) is 1. The maximum absolute atomic E-state index is 6.01. The van der Waals surface area contributed by atoms with Crippen LogP contribution in [0.3, 0.4) is 0 Å². The van der Waals surface area contributed by atoms with Crippen molar-refractivity contribution in [2.24, 2.45) is 0 Å². The summed E-state index contributed by atoms with van der Waals surface area (Å²) in [4.78, 5) is 1.27. The molecule has 0 radical (unpaired) electrons. The quantitative estimate of drug-likeness (QED) is 0.765. The lowest BCUT2D eigenvalue weighted by atomic mass is 10.0. The normalized spacial score (nSPS) is 14.8. The lowest BCUT2D eigenvalue weighted by molar-refractivity contribution is 0.0289. The summed E-state index contributed by atoms with van der Waals surface area (Å²) in [6.07, 6.45) is 2.44. The number of halogens is 1. The molecular formula is C13H22ClNOS. The second kappa shape index (κ2) is 8.09. The SMILES string of the molecule is CCCC(OCC)C(NCC)c1ccc(Cl)s1. The summed E-state index contributed by atoms with van der Waals surface area (Å²) < 4.78 is 6.70. The Morgan fingerprint density at radius 1 is 1.35 bits per heavy atom. The van der Waals surface area contributed by atoms with Gasteiger partial charge in [0.15, 0.2) is 0 Å². The van der Waals surface area contributed by atoms with Gasteiger partial charge in [0.2, 0.25) is 0 Å². The summed E-state index contributed by atoms with van der Waals surface area (Å²) in [5.74, 6) is 0. The summed E-state index contributed by atoms with van der Waals surface area (Å²) in [7, 11) is 0. The van der Waals surface area contributed by atoms with Crippen LogP contribution in [0, 0.1) is 0 Å². The molecule has 1 aromatic rings. The first kappa shape index (κ1) is 15.0. The molecule has 1 heterocycles. The molecule has 1 rings (SSSR count). The molecule has 1 N–H and O–H groups in total. The van der Waals surface area contributed by atoms with Crippen LogP contribution in [-0.4, -0.2) is 19.3 Å². The highest BCUT2D eigenvalue weighted by Crippen LogP contribution is 2.31. The van der Waals surface area contributed by atoms with Crippen molar-refractivity contribution < 1.29 is 4.74 Å². The van der Waals surface area contributed by atoms with Gasteiger partial charge in [-0.1, -0.05) is 31.9 Å². The molecule has 0 aliphatic heterocycles. The van der Waals surface area contributed by atoms with Crippen molar-refractivity contribution in [2.75, 3.05) is 13.2 Å². The zero-order valence-electron chi connectivity index (χ0n) is 10.8. The highest BCUT2D eigenvalue weighted by atomic mass is 35.5. The molecule has 0 bridgehead atoms. The van der Waals surface area contributed by atoms with Crippen molar-refractivity contribution in [3.8, 4) is 0 Å². The average Bonchev–Trinajstić information content (AvgIpc) is 2.72. The van der Waals surface area contributed by atoms with Crippen molar-refractivity contribution in [3.05, 3.63) is 21.3 Å². The summed E-state index contributed by atoms with van der Waals surface area (Å²) in [6.45, 7) is 8.06. The molecule has 2 nitrogen and oxygen atoms in total. The Kier molecular flexibility index (Phi) is 7.12. The molecule has 0 amide bonds. The van der Waals surface area contributed by atoms with Crippen LogP contribution in [0.25, 0.3) is 0 Å². The third-order valence-corrected chi connectivity index (χ3v) is 3.96. The summed E-state index contributed by atoms with van der Waals surface area (Å²) in [6, 6.07) is 4.32. The number of hydrogen-bond acceptors (Lipinski definition) is 3. The van der Waals surface area contributed by atoms with Gasteiger partial charge in [-0.3, -0.25) is 0 Å². The van der Waals surface area contributed by atoms with Crippen molar-refractivity contribution in [1.82, 2.24) is 5.32 Å². The van der Waals surface area contributed by atoms with Crippen molar-refractivity contribution in [2.45, 2.75) is 45.8 Å². The third-order valence-electron chi connectivity index (χ3n) is 2.65. The molecule has 0 fully saturated rings. The molecule has 2 atom stereocenters. The summed E-state index contributed by atoms with van der Waals surface area (Å²) >= 11 is 7.65. The molecule has 17 heavy (non-hydrogen) atoms. The second-order valence-electron chi connectivity index (χ2n) is 3.96. The Bertz CT molecular complexity index is 310. The van der Waals surface area contributed by atoms with E-state index in [2.05, 4.69) is 25.2 Å². The largest absolute Gasteiger partial charge is 0.376 e. The van der Waals surface area contributed by atoms with Crippen molar-refractivity contribution >= 4 is 22.9 Å². The zero-order valence-corrected chi connectivity index (χ0v) is 12.4. The van der Waals surface area contributed by atoms with Gasteiger partial charge in [0.25, 0.3) is 0 Å². The first-order chi connectivity index (χ1) is 8.22. The highest BCUT2D eigenvalue weighted by molar-refractivity contribution is 7.16. The Hall–Kier alpha value is -0.0900. The highest BCUT2D eigenvalue weighted by Gasteiger charge is 2.23. The van der Waals surface area contributed by atoms with Crippen molar-refractivity contribution in [1.29, 1.82) is 0 Å². The second-order valence-corrected chi connectivity index (χ2v) is 5.71. The molecule has 0 saturated carbocycles. The van der Waals surface area contributed by atoms with Crippen LogP contribution in [-0.2, 0) is 4.74 Å². The molecule has 0 aromatic carbocycles. The molecular weight excluding hydrogens is 254 g/mol. The Labute approximate surface area is 113 Å². The number of likely N-dealkylation sites (N-methyl/N-ethyl adjacent to an activating group) is 1. The Morgan fingerprint density at radius 3 is 2.59 bits per heavy atom. The minimum atomic E-state index is 0.236. The van der Waals surface area contributed by atoms with Gasteiger partial charge in [-0.15, -0.1) is 11.3 Å². The van der Waals surface area contributed by atoms with E-state index < -0.39 is 0 Å². The van der Waals surface area contributed by atoms with E-state index in [1.165, 1.54) is 4.88 Å². The molecule has 98 valence electrons. The topological polar surface area (TPSA) is 21.3 Å². The van der Waals surface area contributed by atoms with Gasteiger partial charge in [-0.05, 0) is 32.0 Å². The fourth-order valence-corrected chi connectivity index (χ4v) is 3.17.